The van der Waals surface area contributed by atoms with Gasteiger partial charge in [-0.05, 0) is 25.5 Å². The number of aromatic amines is 1. The molecule has 0 bridgehead atoms. The zero-order chi connectivity index (χ0) is 15.8. The van der Waals surface area contributed by atoms with Crippen LogP contribution in [0.4, 0.5) is 11.8 Å². The second kappa shape index (κ2) is 5.49. The Morgan fingerprint density at radius 3 is 3.04 bits per heavy atom. The van der Waals surface area contributed by atoms with Crippen molar-refractivity contribution < 1.29 is 0 Å². The first-order valence-electron chi connectivity index (χ1n) is 7.78. The van der Waals surface area contributed by atoms with Crippen LogP contribution < -0.4 is 9.80 Å². The van der Waals surface area contributed by atoms with Crippen molar-refractivity contribution in [1.82, 2.24) is 24.9 Å². The number of anilines is 2. The topological polar surface area (TPSA) is 73.8 Å². The summed E-state index contributed by atoms with van der Waals surface area (Å²) in [5, 5.41) is 1.07. The first kappa shape index (κ1) is 13.9. The fraction of sp³-hybridized carbons (Fsp3) is 0.375. The molecular formula is C16H19N7. The number of nitrogens with one attached hydrogen (secondary N) is 1. The Morgan fingerprint density at radius 2 is 2.17 bits per heavy atom. The van der Waals surface area contributed by atoms with E-state index in [9.17, 15) is 0 Å². The molecule has 0 aliphatic carbocycles. The standard InChI is InChI=1S/C16H19N7/c1-11-3-6-18-16(21-11)22(2)12-5-8-23(9-12)15-13-4-7-17-14(13)19-10-20-15/h3-4,6-7,10,12H,5,8-9H2,1-2H3,(H,17,19,20). The Kier molecular flexibility index (Phi) is 3.33. The summed E-state index contributed by atoms with van der Waals surface area (Å²) in [6.07, 6.45) is 6.40. The van der Waals surface area contributed by atoms with E-state index in [0.717, 1.165) is 48.0 Å². The van der Waals surface area contributed by atoms with Crippen LogP contribution in [0.2, 0.25) is 0 Å². The van der Waals surface area contributed by atoms with E-state index >= 15 is 0 Å². The molecule has 1 saturated heterocycles. The number of nitrogens with zero attached hydrogens (tertiary/aromatic N) is 6. The van der Waals surface area contributed by atoms with Crippen molar-refractivity contribution in [2.75, 3.05) is 29.9 Å². The summed E-state index contributed by atoms with van der Waals surface area (Å²) in [5.41, 5.74) is 1.87. The lowest BCUT2D eigenvalue weighted by Gasteiger charge is -2.25. The van der Waals surface area contributed by atoms with Gasteiger partial charge < -0.3 is 14.8 Å². The van der Waals surface area contributed by atoms with Crippen LogP contribution in [0.5, 0.6) is 0 Å². The second-order valence-corrected chi connectivity index (χ2v) is 5.93. The zero-order valence-electron chi connectivity index (χ0n) is 13.3. The Balaban J connectivity index is 1.56. The van der Waals surface area contributed by atoms with Gasteiger partial charge in [0.15, 0.2) is 0 Å². The number of fused-ring (bicyclic) bond motifs is 1. The van der Waals surface area contributed by atoms with Crippen LogP contribution in [0, 0.1) is 6.92 Å². The molecule has 23 heavy (non-hydrogen) atoms. The number of aromatic nitrogens is 5. The third-order valence-electron chi connectivity index (χ3n) is 4.44. The number of aryl methyl sites for hydroxylation is 1. The van der Waals surface area contributed by atoms with E-state index in [4.69, 9.17) is 0 Å². The van der Waals surface area contributed by atoms with Crippen LogP contribution in [-0.2, 0) is 0 Å². The first-order chi connectivity index (χ1) is 11.2. The number of H-pyrrole nitrogens is 1. The highest BCUT2D eigenvalue weighted by Gasteiger charge is 2.29. The van der Waals surface area contributed by atoms with Crippen molar-refractivity contribution in [2.24, 2.45) is 0 Å². The van der Waals surface area contributed by atoms with Crippen molar-refractivity contribution in [3.8, 4) is 0 Å². The molecule has 0 amide bonds. The summed E-state index contributed by atoms with van der Waals surface area (Å²) in [5.74, 6) is 1.78. The highest BCUT2D eigenvalue weighted by molar-refractivity contribution is 5.87. The van der Waals surface area contributed by atoms with Gasteiger partial charge in [0.25, 0.3) is 0 Å². The van der Waals surface area contributed by atoms with Gasteiger partial charge in [0.2, 0.25) is 5.95 Å². The largest absolute Gasteiger partial charge is 0.354 e. The molecular weight excluding hydrogens is 290 g/mol. The van der Waals surface area contributed by atoms with Crippen molar-refractivity contribution in [1.29, 1.82) is 0 Å². The van der Waals surface area contributed by atoms with Crippen LogP contribution in [0.25, 0.3) is 11.0 Å². The molecule has 118 valence electrons. The Labute approximate surface area is 134 Å². The minimum Gasteiger partial charge on any atom is -0.354 e. The number of hydrogen-bond donors (Lipinski definition) is 1. The van der Waals surface area contributed by atoms with Crippen molar-refractivity contribution >= 4 is 22.8 Å². The summed E-state index contributed by atoms with van der Waals surface area (Å²) in [4.78, 5) is 25.3. The normalized spacial score (nSPS) is 17.8. The van der Waals surface area contributed by atoms with Gasteiger partial charge >= 0.3 is 0 Å². The average Bonchev–Trinajstić information content (AvgIpc) is 3.23. The summed E-state index contributed by atoms with van der Waals surface area (Å²) >= 11 is 0. The monoisotopic (exact) mass is 309 g/mol. The second-order valence-electron chi connectivity index (χ2n) is 5.93. The van der Waals surface area contributed by atoms with Gasteiger partial charge in [-0.3, -0.25) is 0 Å². The van der Waals surface area contributed by atoms with Gasteiger partial charge in [-0.2, -0.15) is 0 Å². The third kappa shape index (κ3) is 2.48. The van der Waals surface area contributed by atoms with Gasteiger partial charge in [-0.15, -0.1) is 0 Å². The van der Waals surface area contributed by atoms with E-state index < -0.39 is 0 Å². The quantitative estimate of drug-likeness (QED) is 0.795. The van der Waals surface area contributed by atoms with Crippen molar-refractivity contribution in [2.45, 2.75) is 19.4 Å². The maximum Gasteiger partial charge on any atom is 0.225 e. The maximum absolute atomic E-state index is 4.52. The Morgan fingerprint density at radius 1 is 1.26 bits per heavy atom. The van der Waals surface area contributed by atoms with Crippen molar-refractivity contribution in [3.05, 3.63) is 36.5 Å². The predicted molar refractivity (Wildman–Crippen MR) is 89.7 cm³/mol. The SMILES string of the molecule is Cc1ccnc(N(C)C2CCN(c3ncnc4[nH]ccc34)C2)n1. The molecule has 0 saturated carbocycles. The fourth-order valence-electron chi connectivity index (χ4n) is 3.13. The molecule has 4 rings (SSSR count). The van der Waals surface area contributed by atoms with Crippen molar-refractivity contribution in [3.63, 3.8) is 0 Å². The summed E-state index contributed by atoms with van der Waals surface area (Å²) < 4.78 is 0. The summed E-state index contributed by atoms with van der Waals surface area (Å²) in [6, 6.07) is 4.33. The van der Waals surface area contributed by atoms with E-state index in [1.165, 1.54) is 0 Å². The molecule has 0 aromatic carbocycles. The van der Waals surface area contributed by atoms with E-state index in [1.807, 2.05) is 31.5 Å². The zero-order valence-corrected chi connectivity index (χ0v) is 13.3. The average molecular weight is 309 g/mol. The molecule has 4 heterocycles. The van der Waals surface area contributed by atoms with Gasteiger partial charge in [-0.1, -0.05) is 0 Å². The smallest absolute Gasteiger partial charge is 0.225 e. The highest BCUT2D eigenvalue weighted by atomic mass is 15.3. The van der Waals surface area contributed by atoms with E-state index in [1.54, 1.807) is 6.33 Å². The lowest BCUT2D eigenvalue weighted by Crippen LogP contribution is -2.36. The summed E-state index contributed by atoms with van der Waals surface area (Å²) in [6.45, 7) is 3.87. The maximum atomic E-state index is 4.52. The molecule has 0 spiro atoms. The van der Waals surface area contributed by atoms with Crippen LogP contribution in [0.1, 0.15) is 12.1 Å². The Hall–Kier alpha value is -2.70. The lowest BCUT2D eigenvalue weighted by molar-refractivity contribution is 0.673. The van der Waals surface area contributed by atoms with Crippen LogP contribution in [0.3, 0.4) is 0 Å². The van der Waals surface area contributed by atoms with Gasteiger partial charge in [0, 0.05) is 38.2 Å². The Bertz CT molecular complexity index is 828. The first-order valence-corrected chi connectivity index (χ1v) is 7.78. The molecule has 1 fully saturated rings. The number of likely N-dealkylation sites (N-methyl/N-ethyl adjacent to an activating group) is 1. The lowest BCUT2D eigenvalue weighted by atomic mass is 10.2. The summed E-state index contributed by atoms with van der Waals surface area (Å²) in [7, 11) is 2.06. The third-order valence-corrected chi connectivity index (χ3v) is 4.44. The molecule has 1 aliphatic heterocycles. The minimum atomic E-state index is 0.376. The fourth-order valence-corrected chi connectivity index (χ4v) is 3.13. The van der Waals surface area contributed by atoms with Gasteiger partial charge in [-0.25, -0.2) is 19.9 Å². The molecule has 3 aromatic heterocycles. The molecule has 7 nitrogen and oxygen atoms in total. The molecule has 1 N–H and O–H groups in total. The van der Waals surface area contributed by atoms with Crippen LogP contribution in [-0.4, -0.2) is 51.1 Å². The van der Waals surface area contributed by atoms with Crippen LogP contribution >= 0.6 is 0 Å². The van der Waals surface area contributed by atoms with E-state index in [0.29, 0.717) is 6.04 Å². The predicted octanol–water partition coefficient (Wildman–Crippen LogP) is 1.77. The number of rotatable bonds is 3. The molecule has 1 aliphatic rings. The van der Waals surface area contributed by atoms with Gasteiger partial charge in [0.1, 0.15) is 17.8 Å². The molecule has 1 unspecified atom stereocenters. The minimum absolute atomic E-state index is 0.376. The molecule has 0 radical (unpaired) electrons. The highest BCUT2D eigenvalue weighted by Crippen LogP contribution is 2.27. The molecule has 1 atom stereocenters. The molecule has 7 heteroatoms. The van der Waals surface area contributed by atoms with Gasteiger partial charge in [0.05, 0.1) is 11.4 Å². The number of hydrogen-bond acceptors (Lipinski definition) is 6. The molecule has 3 aromatic rings. The van der Waals surface area contributed by atoms with E-state index in [2.05, 4.69) is 41.8 Å². The van der Waals surface area contributed by atoms with E-state index in [-0.39, 0.29) is 0 Å². The van der Waals surface area contributed by atoms with Crippen LogP contribution in [0.15, 0.2) is 30.9 Å².